The number of aliphatic hydroxyl groups excluding tert-OH is 11. The Bertz CT molecular complexity index is 509. The Balaban J connectivity index is -0.000000201. The molecule has 1 unspecified atom stereocenters. The molecule has 0 heterocycles. The summed E-state index contributed by atoms with van der Waals surface area (Å²) in [7, 11) is 0. The molecular weight excluding hydrogens is 492 g/mol. The Hall–Kier alpha value is -0.770. The fraction of sp³-hybridized carbons (Fsp3) is 0.800. The van der Waals surface area contributed by atoms with Gasteiger partial charge < -0.3 is 81.1 Å². The minimum atomic E-state index is -2.31. The van der Waals surface area contributed by atoms with E-state index >= 15 is 0 Å². The molecule has 0 aliphatic carbocycles. The summed E-state index contributed by atoms with van der Waals surface area (Å²) in [6.45, 7) is -0.529. The van der Waals surface area contributed by atoms with Gasteiger partial charge in [-0.1, -0.05) is 0 Å². The van der Waals surface area contributed by atoms with Crippen LogP contribution in [0.5, 0.6) is 0 Å². The van der Waals surface area contributed by atoms with Crippen molar-refractivity contribution in [3.8, 4) is 0 Å². The van der Waals surface area contributed by atoms with Crippen molar-refractivity contribution >= 4 is 55.6 Å². The van der Waals surface area contributed by atoms with Gasteiger partial charge in [0.1, 0.15) is 54.9 Å². The Morgan fingerprint density at radius 3 is 0.970 bits per heavy atom. The van der Waals surface area contributed by atoms with Crippen LogP contribution in [0.15, 0.2) is 0 Å². The minimum Gasteiger partial charge on any atom is -0.547 e. The minimum absolute atomic E-state index is 0. The summed E-state index contributed by atoms with van der Waals surface area (Å²) in [6, 6.07) is 0. The molecule has 0 saturated heterocycles. The molecule has 9 atom stereocenters. The van der Waals surface area contributed by atoms with Crippen LogP contribution >= 0.6 is 0 Å². The molecule has 0 radical (unpaired) electrons. The molecule has 12 N–H and O–H groups in total. The summed E-state index contributed by atoms with van der Waals surface area (Å²) in [6.07, 6.45) is -17.4. The first-order chi connectivity index (χ1) is 14.5. The Labute approximate surface area is 216 Å². The van der Waals surface area contributed by atoms with Gasteiger partial charge in [0.15, 0.2) is 0 Å². The van der Waals surface area contributed by atoms with E-state index in [0.29, 0.717) is 0 Å². The molecule has 18 heteroatoms. The van der Waals surface area contributed by atoms with Gasteiger partial charge in [0.05, 0.1) is 25.2 Å². The quantitative estimate of drug-likeness (QED) is 0.112. The maximum Gasteiger partial charge on any atom is 2.00 e. The molecular formula is C15H28CaO17. The number of carboxylic acid groups (broad SMARTS) is 3. The van der Waals surface area contributed by atoms with Gasteiger partial charge in [0, 0.05) is 0 Å². The van der Waals surface area contributed by atoms with Crippen LogP contribution in [-0.2, 0) is 14.4 Å². The van der Waals surface area contributed by atoms with Crippen molar-refractivity contribution in [2.75, 3.05) is 13.2 Å². The van der Waals surface area contributed by atoms with E-state index in [1.165, 1.54) is 6.92 Å². The standard InChI is InChI=1S/2C6H12O7.C3H6O3.Ca/c2*7-1-2(8)3(9)4(10)5(11)6(12)13;1-2(4)3(5)6;/h2*2-5,7-11H,1H2,(H,12,13);2,4H,1H3,(H,5,6);/q;;;+2/p-2/t2*2-,3-,4+,5-;;/m11../s1. The maximum atomic E-state index is 9.98. The summed E-state index contributed by atoms with van der Waals surface area (Å²) >= 11 is 0. The molecule has 17 nitrogen and oxygen atoms in total. The second-order valence-corrected chi connectivity index (χ2v) is 6.00. The van der Waals surface area contributed by atoms with Gasteiger partial charge in [0.2, 0.25) is 0 Å². The van der Waals surface area contributed by atoms with E-state index in [1.807, 2.05) is 0 Å². The van der Waals surface area contributed by atoms with Crippen molar-refractivity contribution in [2.45, 2.75) is 61.9 Å². The predicted octanol–water partition coefficient (Wildman–Crippen LogP) is -10.6. The zero-order valence-corrected chi connectivity index (χ0v) is 19.4. The van der Waals surface area contributed by atoms with Gasteiger partial charge in [-0.05, 0) is 6.92 Å². The second-order valence-electron chi connectivity index (χ2n) is 6.00. The fourth-order valence-corrected chi connectivity index (χ4v) is 1.32. The van der Waals surface area contributed by atoms with E-state index in [4.69, 9.17) is 61.3 Å². The van der Waals surface area contributed by atoms with Crippen LogP contribution in [0.25, 0.3) is 0 Å². The first-order valence-corrected chi connectivity index (χ1v) is 8.46. The molecule has 0 amide bonds. The maximum absolute atomic E-state index is 9.98. The Morgan fingerprint density at radius 2 is 0.848 bits per heavy atom. The molecule has 0 aliphatic rings. The summed E-state index contributed by atoms with van der Waals surface area (Å²) in [5.41, 5.74) is 0. The van der Waals surface area contributed by atoms with Crippen molar-refractivity contribution in [2.24, 2.45) is 0 Å². The van der Waals surface area contributed by atoms with Gasteiger partial charge in [-0.2, -0.15) is 0 Å². The third kappa shape index (κ3) is 17.3. The topological polar surface area (TPSA) is 340 Å². The van der Waals surface area contributed by atoms with Crippen molar-refractivity contribution < 1.29 is 85.9 Å². The van der Waals surface area contributed by atoms with Gasteiger partial charge >= 0.3 is 43.7 Å². The average molecular weight is 520 g/mol. The average Bonchev–Trinajstić information content (AvgIpc) is 2.75. The number of carbonyl (C=O) groups is 3. The van der Waals surface area contributed by atoms with Gasteiger partial charge in [-0.25, -0.2) is 4.79 Å². The summed E-state index contributed by atoms with van der Waals surface area (Å²) in [5.74, 6) is -5.14. The summed E-state index contributed by atoms with van der Waals surface area (Å²) in [5, 5.41) is 123. The first-order valence-electron chi connectivity index (χ1n) is 8.46. The van der Waals surface area contributed by atoms with Crippen LogP contribution < -0.4 is 10.2 Å². The van der Waals surface area contributed by atoms with Gasteiger partial charge in [-0.3, -0.25) is 0 Å². The van der Waals surface area contributed by atoms with E-state index in [9.17, 15) is 24.6 Å². The molecule has 0 saturated carbocycles. The third-order valence-electron chi connectivity index (χ3n) is 3.35. The largest absolute Gasteiger partial charge is 2.00 e. The van der Waals surface area contributed by atoms with Crippen LogP contribution in [0, 0.1) is 0 Å². The van der Waals surface area contributed by atoms with E-state index in [-0.39, 0.29) is 37.7 Å². The predicted molar refractivity (Wildman–Crippen MR) is 97.3 cm³/mol. The van der Waals surface area contributed by atoms with Crippen molar-refractivity contribution in [1.29, 1.82) is 0 Å². The molecule has 0 aromatic heterocycles. The number of aliphatic hydroxyl groups is 11. The smallest absolute Gasteiger partial charge is 0.547 e. The molecule has 0 fully saturated rings. The molecule has 0 bridgehead atoms. The fourth-order valence-electron chi connectivity index (χ4n) is 1.32. The number of carboxylic acids is 3. The molecule has 0 aromatic rings. The van der Waals surface area contributed by atoms with Gasteiger partial charge in [-0.15, -0.1) is 0 Å². The van der Waals surface area contributed by atoms with E-state index < -0.39 is 86.1 Å². The number of carbonyl (C=O) groups excluding carboxylic acids is 2. The molecule has 33 heavy (non-hydrogen) atoms. The monoisotopic (exact) mass is 520 g/mol. The molecule has 0 aliphatic heterocycles. The number of aliphatic carboxylic acids is 3. The van der Waals surface area contributed by atoms with Crippen LogP contribution in [-0.4, -0.2) is 185 Å². The first kappa shape index (κ1) is 39.4. The van der Waals surface area contributed by atoms with E-state index in [1.54, 1.807) is 0 Å². The SMILES string of the molecule is CC(O)C(=O)O.O=C([O-])[C@H](O)[C@@H](O)[C@H](O)[C@H](O)CO.O=C([O-])[C@H](O)[C@@H](O)[C@H](O)[C@H](O)CO.[Ca+2]. The molecule has 192 valence electrons. The van der Waals surface area contributed by atoms with Crippen molar-refractivity contribution in [1.82, 2.24) is 0 Å². The van der Waals surface area contributed by atoms with Gasteiger partial charge in [0.25, 0.3) is 0 Å². The number of rotatable bonds is 11. The van der Waals surface area contributed by atoms with Crippen molar-refractivity contribution in [3.05, 3.63) is 0 Å². The zero-order valence-electron chi connectivity index (χ0n) is 17.2. The number of hydrogen-bond acceptors (Lipinski definition) is 16. The van der Waals surface area contributed by atoms with Crippen LogP contribution in [0.4, 0.5) is 0 Å². The van der Waals surface area contributed by atoms with Crippen LogP contribution in [0.2, 0.25) is 0 Å². The van der Waals surface area contributed by atoms with E-state index in [2.05, 4.69) is 0 Å². The molecule has 0 aromatic carbocycles. The Morgan fingerprint density at radius 1 is 0.636 bits per heavy atom. The summed E-state index contributed by atoms with van der Waals surface area (Å²) in [4.78, 5) is 29.4. The van der Waals surface area contributed by atoms with Crippen molar-refractivity contribution in [3.63, 3.8) is 0 Å². The van der Waals surface area contributed by atoms with Crippen LogP contribution in [0.1, 0.15) is 6.92 Å². The number of hydrogen-bond donors (Lipinski definition) is 12. The summed E-state index contributed by atoms with van der Waals surface area (Å²) < 4.78 is 0. The second kappa shape index (κ2) is 20.6. The normalized spacial score (nSPS) is 18.5. The zero-order chi connectivity index (χ0) is 26.3. The third-order valence-corrected chi connectivity index (χ3v) is 3.35. The van der Waals surface area contributed by atoms with E-state index in [0.717, 1.165) is 0 Å². The molecule has 0 spiro atoms. The Kier molecular flexibility index (Phi) is 24.6. The van der Waals surface area contributed by atoms with Crippen LogP contribution in [0.3, 0.4) is 0 Å². The molecule has 0 rings (SSSR count).